The summed E-state index contributed by atoms with van der Waals surface area (Å²) in [5, 5.41) is 8.92. The SMILES string of the molecule is CN(Cc1ccc(F)c(Cl)c1)C1CC1C(=O)O. The van der Waals surface area contributed by atoms with Crippen LogP contribution in [0.5, 0.6) is 0 Å². The molecule has 2 unspecified atom stereocenters. The third kappa shape index (κ3) is 2.76. The van der Waals surface area contributed by atoms with Crippen molar-refractivity contribution in [2.24, 2.45) is 5.92 Å². The van der Waals surface area contributed by atoms with Crippen molar-refractivity contribution in [1.82, 2.24) is 4.90 Å². The van der Waals surface area contributed by atoms with Gasteiger partial charge in [-0.05, 0) is 31.2 Å². The van der Waals surface area contributed by atoms with E-state index in [1.165, 1.54) is 6.07 Å². The number of carboxylic acids is 1. The van der Waals surface area contributed by atoms with Gasteiger partial charge >= 0.3 is 5.97 Å². The molecule has 2 atom stereocenters. The maximum atomic E-state index is 13.0. The van der Waals surface area contributed by atoms with Crippen molar-refractivity contribution in [3.63, 3.8) is 0 Å². The third-order valence-corrected chi connectivity index (χ3v) is 3.35. The summed E-state index contributed by atoms with van der Waals surface area (Å²) in [5.74, 6) is -1.46. The summed E-state index contributed by atoms with van der Waals surface area (Å²) < 4.78 is 13.0. The van der Waals surface area contributed by atoms with Gasteiger partial charge in [-0.25, -0.2) is 4.39 Å². The van der Waals surface area contributed by atoms with E-state index in [1.807, 2.05) is 11.9 Å². The topological polar surface area (TPSA) is 40.5 Å². The number of carboxylic acid groups (broad SMARTS) is 1. The standard InChI is InChI=1S/C12H13ClFNO2/c1-15(11-5-8(11)12(16)17)6-7-2-3-10(14)9(13)4-7/h2-4,8,11H,5-6H2,1H3,(H,16,17). The molecule has 0 heterocycles. The van der Waals surface area contributed by atoms with Gasteiger partial charge in [-0.3, -0.25) is 9.69 Å². The molecule has 0 aromatic heterocycles. The first-order valence-corrected chi connectivity index (χ1v) is 5.74. The molecule has 1 aliphatic rings. The number of benzene rings is 1. The van der Waals surface area contributed by atoms with E-state index in [2.05, 4.69) is 0 Å². The molecule has 1 aromatic rings. The van der Waals surface area contributed by atoms with E-state index in [1.54, 1.807) is 12.1 Å². The number of hydrogen-bond acceptors (Lipinski definition) is 2. The van der Waals surface area contributed by atoms with Crippen LogP contribution < -0.4 is 0 Å². The van der Waals surface area contributed by atoms with Gasteiger partial charge in [0.1, 0.15) is 5.82 Å². The Labute approximate surface area is 104 Å². The summed E-state index contributed by atoms with van der Waals surface area (Å²) in [5.41, 5.74) is 0.884. The second-order valence-corrected chi connectivity index (χ2v) is 4.82. The summed E-state index contributed by atoms with van der Waals surface area (Å²) in [6.07, 6.45) is 0.681. The van der Waals surface area contributed by atoms with Crippen LogP contribution in [0, 0.1) is 11.7 Å². The Morgan fingerprint density at radius 1 is 1.65 bits per heavy atom. The van der Waals surface area contributed by atoms with E-state index in [-0.39, 0.29) is 17.0 Å². The lowest BCUT2D eigenvalue weighted by molar-refractivity contribution is -0.138. The van der Waals surface area contributed by atoms with Crippen LogP contribution in [0.4, 0.5) is 4.39 Å². The van der Waals surface area contributed by atoms with Crippen molar-refractivity contribution in [2.75, 3.05) is 7.05 Å². The van der Waals surface area contributed by atoms with Crippen LogP contribution in [-0.4, -0.2) is 29.1 Å². The predicted molar refractivity (Wildman–Crippen MR) is 62.4 cm³/mol. The fourth-order valence-electron chi connectivity index (χ4n) is 1.98. The predicted octanol–water partition coefficient (Wildman–Crippen LogP) is 2.38. The molecular weight excluding hydrogens is 245 g/mol. The van der Waals surface area contributed by atoms with Gasteiger partial charge in [-0.2, -0.15) is 0 Å². The molecule has 0 saturated heterocycles. The minimum absolute atomic E-state index is 0.0799. The summed E-state index contributed by atoms with van der Waals surface area (Å²) in [6, 6.07) is 4.64. The molecule has 1 fully saturated rings. The summed E-state index contributed by atoms with van der Waals surface area (Å²) in [4.78, 5) is 12.7. The number of aliphatic carboxylic acids is 1. The van der Waals surface area contributed by atoms with Crippen molar-refractivity contribution in [1.29, 1.82) is 0 Å². The monoisotopic (exact) mass is 257 g/mol. The molecule has 0 aliphatic heterocycles. The van der Waals surface area contributed by atoms with Gasteiger partial charge in [-0.1, -0.05) is 17.7 Å². The van der Waals surface area contributed by atoms with Crippen LogP contribution in [0.25, 0.3) is 0 Å². The van der Waals surface area contributed by atoms with E-state index in [9.17, 15) is 9.18 Å². The highest BCUT2D eigenvalue weighted by molar-refractivity contribution is 6.30. The highest BCUT2D eigenvalue weighted by Gasteiger charge is 2.45. The minimum atomic E-state index is -0.751. The van der Waals surface area contributed by atoms with Crippen molar-refractivity contribution in [2.45, 2.75) is 19.0 Å². The van der Waals surface area contributed by atoms with Crippen LogP contribution in [-0.2, 0) is 11.3 Å². The maximum absolute atomic E-state index is 13.0. The zero-order valence-corrected chi connectivity index (χ0v) is 10.1. The van der Waals surface area contributed by atoms with E-state index >= 15 is 0 Å². The van der Waals surface area contributed by atoms with Gasteiger partial charge in [0.2, 0.25) is 0 Å². The normalized spacial score (nSPS) is 22.8. The first-order chi connectivity index (χ1) is 7.99. The average molecular weight is 258 g/mol. The van der Waals surface area contributed by atoms with Crippen LogP contribution in [0.15, 0.2) is 18.2 Å². The Morgan fingerprint density at radius 3 is 2.88 bits per heavy atom. The van der Waals surface area contributed by atoms with Crippen molar-refractivity contribution >= 4 is 17.6 Å². The fourth-order valence-corrected chi connectivity index (χ4v) is 2.18. The minimum Gasteiger partial charge on any atom is -0.481 e. The Hall–Kier alpha value is -1.13. The van der Waals surface area contributed by atoms with Crippen molar-refractivity contribution in [3.05, 3.63) is 34.6 Å². The van der Waals surface area contributed by atoms with Crippen molar-refractivity contribution < 1.29 is 14.3 Å². The first kappa shape index (κ1) is 12.3. The van der Waals surface area contributed by atoms with Gasteiger partial charge in [-0.15, -0.1) is 0 Å². The summed E-state index contributed by atoms with van der Waals surface area (Å²) >= 11 is 5.68. The number of hydrogen-bond donors (Lipinski definition) is 1. The molecule has 2 rings (SSSR count). The number of halogens is 2. The summed E-state index contributed by atoms with van der Waals surface area (Å²) in [6.45, 7) is 0.578. The van der Waals surface area contributed by atoms with Crippen LogP contribution in [0.3, 0.4) is 0 Å². The second-order valence-electron chi connectivity index (χ2n) is 4.41. The maximum Gasteiger partial charge on any atom is 0.308 e. The lowest BCUT2D eigenvalue weighted by Gasteiger charge is -2.16. The first-order valence-electron chi connectivity index (χ1n) is 5.36. The molecular formula is C12H13ClFNO2. The second kappa shape index (κ2) is 4.63. The molecule has 3 nitrogen and oxygen atoms in total. The van der Waals surface area contributed by atoms with Gasteiger partial charge in [0.25, 0.3) is 0 Å². The Kier molecular flexibility index (Phi) is 3.35. The lowest BCUT2D eigenvalue weighted by Crippen LogP contribution is -2.23. The van der Waals surface area contributed by atoms with Gasteiger partial charge in [0.15, 0.2) is 0 Å². The van der Waals surface area contributed by atoms with Crippen LogP contribution >= 0.6 is 11.6 Å². The molecule has 0 spiro atoms. The van der Waals surface area contributed by atoms with Crippen LogP contribution in [0.1, 0.15) is 12.0 Å². The molecule has 5 heteroatoms. The van der Waals surface area contributed by atoms with E-state index in [0.29, 0.717) is 13.0 Å². The van der Waals surface area contributed by atoms with E-state index < -0.39 is 11.8 Å². The summed E-state index contributed by atoms with van der Waals surface area (Å²) in [7, 11) is 1.87. The molecule has 0 radical (unpaired) electrons. The largest absolute Gasteiger partial charge is 0.481 e. The van der Waals surface area contributed by atoms with E-state index in [4.69, 9.17) is 16.7 Å². The molecule has 0 amide bonds. The average Bonchev–Trinajstić information content (AvgIpc) is 3.03. The Morgan fingerprint density at radius 2 is 2.35 bits per heavy atom. The molecule has 0 bridgehead atoms. The molecule has 1 aromatic carbocycles. The highest BCUT2D eigenvalue weighted by Crippen LogP contribution is 2.35. The zero-order chi connectivity index (χ0) is 12.6. The molecule has 17 heavy (non-hydrogen) atoms. The van der Waals surface area contributed by atoms with E-state index in [0.717, 1.165) is 5.56 Å². The number of nitrogens with zero attached hydrogens (tertiary/aromatic N) is 1. The zero-order valence-electron chi connectivity index (χ0n) is 9.36. The third-order valence-electron chi connectivity index (χ3n) is 3.06. The van der Waals surface area contributed by atoms with Gasteiger partial charge in [0, 0.05) is 12.6 Å². The highest BCUT2D eigenvalue weighted by atomic mass is 35.5. The molecule has 92 valence electrons. The smallest absolute Gasteiger partial charge is 0.308 e. The Balaban J connectivity index is 1.97. The molecule has 1 saturated carbocycles. The lowest BCUT2D eigenvalue weighted by atomic mass is 10.2. The van der Waals surface area contributed by atoms with Gasteiger partial charge < -0.3 is 5.11 Å². The van der Waals surface area contributed by atoms with Gasteiger partial charge in [0.05, 0.1) is 10.9 Å². The van der Waals surface area contributed by atoms with Crippen LogP contribution in [0.2, 0.25) is 5.02 Å². The fraction of sp³-hybridized carbons (Fsp3) is 0.417. The molecule has 1 aliphatic carbocycles. The molecule has 1 N–H and O–H groups in total. The Bertz CT molecular complexity index is 452. The van der Waals surface area contributed by atoms with Crippen molar-refractivity contribution in [3.8, 4) is 0 Å². The number of carbonyl (C=O) groups is 1. The number of rotatable bonds is 4. The quantitative estimate of drug-likeness (QED) is 0.900.